The molecule has 0 radical (unpaired) electrons. The van der Waals surface area contributed by atoms with E-state index in [1.54, 1.807) is 6.33 Å². The van der Waals surface area contributed by atoms with E-state index in [1.165, 1.54) is 0 Å². The van der Waals surface area contributed by atoms with Crippen molar-refractivity contribution in [3.8, 4) is 11.4 Å². The van der Waals surface area contributed by atoms with Crippen LogP contribution >= 0.6 is 11.6 Å². The number of fused-ring (bicyclic) bond motifs is 3. The number of hydrogen-bond donors (Lipinski definition) is 0. The van der Waals surface area contributed by atoms with Gasteiger partial charge in [-0.3, -0.25) is 4.40 Å². The van der Waals surface area contributed by atoms with Gasteiger partial charge in [-0.1, -0.05) is 23.7 Å². The van der Waals surface area contributed by atoms with Gasteiger partial charge in [0.2, 0.25) is 0 Å². The first-order chi connectivity index (χ1) is 9.75. The number of aromatic nitrogens is 5. The van der Waals surface area contributed by atoms with Crippen LogP contribution in [-0.4, -0.2) is 24.1 Å². The Bertz CT molecular complexity index is 937. The molecule has 0 aliphatic rings. The van der Waals surface area contributed by atoms with E-state index in [0.717, 1.165) is 22.2 Å². The van der Waals surface area contributed by atoms with Crippen molar-refractivity contribution in [2.75, 3.05) is 0 Å². The first-order valence-electron chi connectivity index (χ1n) is 6.15. The van der Waals surface area contributed by atoms with Crippen molar-refractivity contribution >= 4 is 28.3 Å². The smallest absolute Gasteiger partial charge is 0.173 e. The lowest BCUT2D eigenvalue weighted by molar-refractivity contribution is 0.940. The van der Waals surface area contributed by atoms with Gasteiger partial charge in [0, 0.05) is 18.8 Å². The molecule has 0 unspecified atom stereocenters. The predicted molar refractivity (Wildman–Crippen MR) is 77.7 cm³/mol. The fraction of sp³-hybridized carbons (Fsp3) is 0.0714. The number of halogens is 1. The minimum Gasteiger partial charge on any atom is -0.335 e. The van der Waals surface area contributed by atoms with Crippen molar-refractivity contribution in [1.82, 2.24) is 24.1 Å². The van der Waals surface area contributed by atoms with Gasteiger partial charge >= 0.3 is 0 Å². The molecule has 0 spiro atoms. The van der Waals surface area contributed by atoms with Crippen LogP contribution in [0.3, 0.4) is 0 Å². The third kappa shape index (κ3) is 1.47. The summed E-state index contributed by atoms with van der Waals surface area (Å²) >= 11 is 6.23. The molecule has 1 aromatic carbocycles. The summed E-state index contributed by atoms with van der Waals surface area (Å²) in [7, 11) is 1.96. The second kappa shape index (κ2) is 4.05. The number of nitrogens with zero attached hydrogens (tertiary/aromatic N) is 5. The maximum atomic E-state index is 6.23. The van der Waals surface area contributed by atoms with Crippen LogP contribution in [0.2, 0.25) is 5.02 Å². The monoisotopic (exact) mass is 283 g/mol. The third-order valence-electron chi connectivity index (χ3n) is 3.39. The van der Waals surface area contributed by atoms with E-state index in [2.05, 4.69) is 15.2 Å². The average molecular weight is 284 g/mol. The van der Waals surface area contributed by atoms with Crippen molar-refractivity contribution in [1.29, 1.82) is 0 Å². The molecule has 3 aromatic heterocycles. The van der Waals surface area contributed by atoms with Crippen LogP contribution in [0.25, 0.3) is 28.1 Å². The highest BCUT2D eigenvalue weighted by Gasteiger charge is 2.14. The van der Waals surface area contributed by atoms with Gasteiger partial charge in [0.1, 0.15) is 12.0 Å². The van der Waals surface area contributed by atoms with E-state index in [9.17, 15) is 0 Å². The molecule has 5 nitrogen and oxygen atoms in total. The molecule has 0 atom stereocenters. The van der Waals surface area contributed by atoms with Crippen LogP contribution in [-0.2, 0) is 7.05 Å². The van der Waals surface area contributed by atoms with Gasteiger partial charge < -0.3 is 4.57 Å². The number of benzene rings is 1. The largest absolute Gasteiger partial charge is 0.335 e. The molecule has 3 heterocycles. The zero-order valence-corrected chi connectivity index (χ0v) is 11.4. The minimum absolute atomic E-state index is 0.648. The van der Waals surface area contributed by atoms with Gasteiger partial charge in [-0.25, -0.2) is 4.98 Å². The summed E-state index contributed by atoms with van der Waals surface area (Å²) in [5, 5.41) is 10.2. The average Bonchev–Trinajstić information content (AvgIpc) is 3.03. The van der Waals surface area contributed by atoms with Gasteiger partial charge in [0.25, 0.3) is 0 Å². The fourth-order valence-electron chi connectivity index (χ4n) is 2.38. The van der Waals surface area contributed by atoms with Crippen molar-refractivity contribution in [2.24, 2.45) is 7.05 Å². The zero-order chi connectivity index (χ0) is 13.7. The highest BCUT2D eigenvalue weighted by atomic mass is 35.5. The van der Waals surface area contributed by atoms with E-state index in [0.29, 0.717) is 10.8 Å². The predicted octanol–water partition coefficient (Wildman–Crippen LogP) is 2.94. The van der Waals surface area contributed by atoms with E-state index < -0.39 is 0 Å². The van der Waals surface area contributed by atoms with Crippen LogP contribution in [0.4, 0.5) is 0 Å². The SMILES string of the molecule is Cn1ccc2c1ncn1c(-c3ccccc3Cl)nnc21. The van der Waals surface area contributed by atoms with Crippen molar-refractivity contribution in [3.63, 3.8) is 0 Å². The van der Waals surface area contributed by atoms with Gasteiger partial charge in [0.15, 0.2) is 11.5 Å². The summed E-state index contributed by atoms with van der Waals surface area (Å²) in [6.45, 7) is 0. The van der Waals surface area contributed by atoms with Gasteiger partial charge in [0.05, 0.1) is 10.4 Å². The van der Waals surface area contributed by atoms with Crippen LogP contribution in [0, 0.1) is 0 Å². The molecule has 0 N–H and O–H groups in total. The molecular formula is C14H10ClN5. The molecule has 6 heteroatoms. The molecule has 0 aliphatic carbocycles. The molecule has 0 bridgehead atoms. The first kappa shape index (κ1) is 11.4. The minimum atomic E-state index is 0.648. The molecule has 98 valence electrons. The lowest BCUT2D eigenvalue weighted by Gasteiger charge is -2.02. The van der Waals surface area contributed by atoms with E-state index in [-0.39, 0.29) is 0 Å². The highest BCUT2D eigenvalue weighted by Crippen LogP contribution is 2.27. The number of rotatable bonds is 1. The Hall–Kier alpha value is -2.40. The van der Waals surface area contributed by atoms with Crippen molar-refractivity contribution < 1.29 is 0 Å². The molecule has 0 fully saturated rings. The van der Waals surface area contributed by atoms with E-state index in [1.807, 2.05) is 52.5 Å². The molecule has 0 saturated heterocycles. The molecular weight excluding hydrogens is 274 g/mol. The lowest BCUT2D eigenvalue weighted by Crippen LogP contribution is -1.94. The molecule has 4 rings (SSSR count). The second-order valence-corrected chi connectivity index (χ2v) is 5.01. The van der Waals surface area contributed by atoms with E-state index in [4.69, 9.17) is 11.6 Å². The summed E-state index contributed by atoms with van der Waals surface area (Å²) in [4.78, 5) is 4.46. The van der Waals surface area contributed by atoms with Gasteiger partial charge in [-0.05, 0) is 18.2 Å². The summed E-state index contributed by atoms with van der Waals surface area (Å²) in [6.07, 6.45) is 3.69. The molecule has 0 saturated carbocycles. The van der Waals surface area contributed by atoms with Crippen LogP contribution in [0.5, 0.6) is 0 Å². The summed E-state index contributed by atoms with van der Waals surface area (Å²) in [5.74, 6) is 0.698. The standard InChI is InChI=1S/C14H10ClN5/c1-19-7-6-10-12(19)16-8-20-13(17-18-14(10)20)9-4-2-3-5-11(9)15/h2-8H,1H3. The van der Waals surface area contributed by atoms with Crippen LogP contribution in [0.15, 0.2) is 42.9 Å². The summed E-state index contributed by atoms with van der Waals surface area (Å²) < 4.78 is 3.82. The number of aryl methyl sites for hydroxylation is 1. The maximum Gasteiger partial charge on any atom is 0.173 e. The summed E-state index contributed by atoms with van der Waals surface area (Å²) in [6, 6.07) is 9.57. The molecule has 20 heavy (non-hydrogen) atoms. The second-order valence-electron chi connectivity index (χ2n) is 4.61. The zero-order valence-electron chi connectivity index (χ0n) is 10.7. The van der Waals surface area contributed by atoms with Gasteiger partial charge in [-0.15, -0.1) is 10.2 Å². The van der Waals surface area contributed by atoms with Gasteiger partial charge in [-0.2, -0.15) is 0 Å². The molecule has 4 aromatic rings. The van der Waals surface area contributed by atoms with Crippen molar-refractivity contribution in [3.05, 3.63) is 47.9 Å². The van der Waals surface area contributed by atoms with Crippen LogP contribution < -0.4 is 0 Å². The van der Waals surface area contributed by atoms with Crippen LogP contribution in [0.1, 0.15) is 0 Å². The Kier molecular flexibility index (Phi) is 2.31. The maximum absolute atomic E-state index is 6.23. The first-order valence-corrected chi connectivity index (χ1v) is 6.53. The Morgan fingerprint density at radius 3 is 2.75 bits per heavy atom. The fourth-order valence-corrected chi connectivity index (χ4v) is 2.60. The Balaban J connectivity index is 2.08. The van der Waals surface area contributed by atoms with Crippen molar-refractivity contribution in [2.45, 2.75) is 0 Å². The lowest BCUT2D eigenvalue weighted by atomic mass is 10.2. The van der Waals surface area contributed by atoms with E-state index >= 15 is 0 Å². The molecule has 0 amide bonds. The number of hydrogen-bond acceptors (Lipinski definition) is 3. The normalized spacial score (nSPS) is 11.5. The quantitative estimate of drug-likeness (QED) is 0.540. The Morgan fingerprint density at radius 1 is 1.05 bits per heavy atom. The molecule has 0 aliphatic heterocycles. The highest BCUT2D eigenvalue weighted by molar-refractivity contribution is 6.33. The Morgan fingerprint density at radius 2 is 1.90 bits per heavy atom. The summed E-state index contributed by atoms with van der Waals surface area (Å²) in [5.41, 5.74) is 2.51. The third-order valence-corrected chi connectivity index (χ3v) is 3.72. The topological polar surface area (TPSA) is 48.0 Å². The Labute approximate surface area is 119 Å².